The van der Waals surface area contributed by atoms with Crippen LogP contribution in [-0.2, 0) is 0 Å². The van der Waals surface area contributed by atoms with E-state index in [0.717, 1.165) is 40.3 Å². The fraction of sp³-hybridized carbons (Fsp3) is 0.571. The largest absolute Gasteiger partial charge is 0.388 e. The van der Waals surface area contributed by atoms with E-state index in [1.807, 2.05) is 0 Å². The van der Waals surface area contributed by atoms with Crippen molar-refractivity contribution in [3.8, 4) is 0 Å². The van der Waals surface area contributed by atoms with E-state index in [-0.39, 0.29) is 0 Å². The van der Waals surface area contributed by atoms with E-state index in [0.29, 0.717) is 6.54 Å². The summed E-state index contributed by atoms with van der Waals surface area (Å²) < 4.78 is 2.07. The highest BCUT2D eigenvalue weighted by Crippen LogP contribution is 2.34. The first-order valence-corrected chi connectivity index (χ1v) is 8.01. The summed E-state index contributed by atoms with van der Waals surface area (Å²) >= 11 is 7.13. The Kier molecular flexibility index (Phi) is 4.73. The van der Waals surface area contributed by atoms with Crippen molar-refractivity contribution in [2.45, 2.75) is 44.6 Å². The molecule has 1 fully saturated rings. The molecule has 0 heterocycles. The lowest BCUT2D eigenvalue weighted by atomic mass is 9.85. The molecule has 100 valence electrons. The van der Waals surface area contributed by atoms with Gasteiger partial charge in [-0.1, -0.05) is 19.3 Å². The molecule has 0 radical (unpaired) electrons. The highest BCUT2D eigenvalue weighted by Gasteiger charge is 2.29. The Morgan fingerprint density at radius 2 is 1.72 bits per heavy atom. The average Bonchev–Trinajstić information content (AvgIpc) is 2.28. The molecule has 1 aliphatic carbocycles. The second kappa shape index (κ2) is 5.93. The van der Waals surface area contributed by atoms with Gasteiger partial charge in [0, 0.05) is 15.5 Å². The molecule has 0 saturated heterocycles. The molecule has 0 atom stereocenters. The van der Waals surface area contributed by atoms with Crippen LogP contribution in [0.5, 0.6) is 0 Å². The fourth-order valence-corrected chi connectivity index (χ4v) is 4.20. The number of rotatable bonds is 3. The topological polar surface area (TPSA) is 32.3 Å². The molecule has 2 rings (SSSR count). The monoisotopic (exact) mass is 375 g/mol. The molecule has 18 heavy (non-hydrogen) atoms. The lowest BCUT2D eigenvalue weighted by Crippen LogP contribution is -2.38. The van der Waals surface area contributed by atoms with Gasteiger partial charge in [-0.3, -0.25) is 0 Å². The third-order valence-electron chi connectivity index (χ3n) is 3.56. The third-order valence-corrected chi connectivity index (χ3v) is 4.82. The number of aryl methyl sites for hydroxylation is 1. The van der Waals surface area contributed by atoms with Crippen molar-refractivity contribution in [1.82, 2.24) is 0 Å². The molecule has 1 saturated carbocycles. The van der Waals surface area contributed by atoms with Crippen LogP contribution in [0.4, 0.5) is 5.69 Å². The lowest BCUT2D eigenvalue weighted by Gasteiger charge is -2.32. The Morgan fingerprint density at radius 3 is 2.28 bits per heavy atom. The van der Waals surface area contributed by atoms with Crippen molar-refractivity contribution in [3.05, 3.63) is 26.6 Å². The van der Waals surface area contributed by atoms with E-state index in [1.165, 1.54) is 12.0 Å². The summed E-state index contributed by atoms with van der Waals surface area (Å²) in [4.78, 5) is 0. The molecular weight excluding hydrogens is 358 g/mol. The molecule has 0 aliphatic heterocycles. The van der Waals surface area contributed by atoms with Gasteiger partial charge in [0.15, 0.2) is 0 Å². The van der Waals surface area contributed by atoms with Gasteiger partial charge in [0.1, 0.15) is 0 Å². The first kappa shape index (κ1) is 14.4. The highest BCUT2D eigenvalue weighted by atomic mass is 79.9. The van der Waals surface area contributed by atoms with Crippen LogP contribution in [0.15, 0.2) is 21.1 Å². The molecule has 0 spiro atoms. The first-order valence-electron chi connectivity index (χ1n) is 6.42. The summed E-state index contributed by atoms with van der Waals surface area (Å²) in [6.07, 6.45) is 5.32. The molecule has 1 aromatic rings. The predicted molar refractivity (Wildman–Crippen MR) is 83.1 cm³/mol. The second-order valence-corrected chi connectivity index (χ2v) is 6.95. The van der Waals surface area contributed by atoms with Crippen LogP contribution in [0.25, 0.3) is 0 Å². The zero-order valence-electron chi connectivity index (χ0n) is 10.6. The minimum atomic E-state index is -0.540. The normalized spacial score (nSPS) is 18.7. The van der Waals surface area contributed by atoms with E-state index in [2.05, 4.69) is 56.2 Å². The molecule has 0 amide bonds. The van der Waals surface area contributed by atoms with Crippen LogP contribution >= 0.6 is 31.9 Å². The summed E-state index contributed by atoms with van der Waals surface area (Å²) in [6, 6.07) is 4.16. The molecule has 0 bridgehead atoms. The number of nitrogens with one attached hydrogen (secondary N) is 1. The van der Waals surface area contributed by atoms with Gasteiger partial charge in [-0.15, -0.1) is 0 Å². The van der Waals surface area contributed by atoms with Gasteiger partial charge in [0.2, 0.25) is 0 Å². The summed E-state index contributed by atoms with van der Waals surface area (Å²) in [5, 5.41) is 13.9. The molecule has 1 aliphatic rings. The van der Waals surface area contributed by atoms with Crippen molar-refractivity contribution < 1.29 is 5.11 Å². The van der Waals surface area contributed by atoms with Crippen LogP contribution in [0.1, 0.15) is 37.7 Å². The minimum Gasteiger partial charge on any atom is -0.388 e. The van der Waals surface area contributed by atoms with Gasteiger partial charge in [-0.25, -0.2) is 0 Å². The van der Waals surface area contributed by atoms with Gasteiger partial charge in [0.05, 0.1) is 11.3 Å². The average molecular weight is 377 g/mol. The Balaban J connectivity index is 2.06. The van der Waals surface area contributed by atoms with Crippen LogP contribution in [0.3, 0.4) is 0 Å². The van der Waals surface area contributed by atoms with Gasteiger partial charge >= 0.3 is 0 Å². The predicted octanol–water partition coefficient (Wildman–Crippen LogP) is 4.63. The molecular formula is C14H19Br2NO. The quantitative estimate of drug-likeness (QED) is 0.806. The maximum Gasteiger partial charge on any atom is 0.0819 e. The van der Waals surface area contributed by atoms with Crippen molar-refractivity contribution in [3.63, 3.8) is 0 Å². The van der Waals surface area contributed by atoms with Gasteiger partial charge in [-0.05, 0) is 69.3 Å². The number of hydrogen-bond acceptors (Lipinski definition) is 2. The van der Waals surface area contributed by atoms with Crippen molar-refractivity contribution in [1.29, 1.82) is 0 Å². The fourth-order valence-electron chi connectivity index (χ4n) is 2.51. The summed E-state index contributed by atoms with van der Waals surface area (Å²) in [5.74, 6) is 0. The second-order valence-electron chi connectivity index (χ2n) is 5.24. The van der Waals surface area contributed by atoms with Gasteiger partial charge in [0.25, 0.3) is 0 Å². The standard InChI is InChI=1S/C14H19Br2NO/c1-10-7-11(15)13(12(16)8-10)17-9-14(18)5-3-2-4-6-14/h7-8,17-18H,2-6,9H2,1H3. The van der Waals surface area contributed by atoms with Gasteiger partial charge in [-0.2, -0.15) is 0 Å². The third kappa shape index (κ3) is 3.49. The van der Waals surface area contributed by atoms with E-state index in [9.17, 15) is 5.11 Å². The van der Waals surface area contributed by atoms with Crippen molar-refractivity contribution in [2.75, 3.05) is 11.9 Å². The lowest BCUT2D eigenvalue weighted by molar-refractivity contribution is 0.0167. The number of anilines is 1. The van der Waals surface area contributed by atoms with Crippen LogP contribution < -0.4 is 5.32 Å². The van der Waals surface area contributed by atoms with E-state index >= 15 is 0 Å². The van der Waals surface area contributed by atoms with E-state index in [4.69, 9.17) is 0 Å². The minimum absolute atomic E-state index is 0.540. The maximum atomic E-state index is 10.5. The van der Waals surface area contributed by atoms with Crippen molar-refractivity contribution >= 4 is 37.5 Å². The number of hydrogen-bond donors (Lipinski definition) is 2. The maximum absolute atomic E-state index is 10.5. The SMILES string of the molecule is Cc1cc(Br)c(NCC2(O)CCCCC2)c(Br)c1. The molecule has 2 N–H and O–H groups in total. The Labute approximate surface area is 125 Å². The van der Waals surface area contributed by atoms with Crippen LogP contribution in [-0.4, -0.2) is 17.3 Å². The Morgan fingerprint density at radius 1 is 1.17 bits per heavy atom. The number of benzene rings is 1. The molecule has 2 nitrogen and oxygen atoms in total. The van der Waals surface area contributed by atoms with Gasteiger partial charge < -0.3 is 10.4 Å². The molecule has 4 heteroatoms. The van der Waals surface area contributed by atoms with E-state index in [1.54, 1.807) is 0 Å². The Hall–Kier alpha value is -0.0600. The highest BCUT2D eigenvalue weighted by molar-refractivity contribution is 9.11. The summed E-state index contributed by atoms with van der Waals surface area (Å²) in [5.41, 5.74) is 1.69. The number of aliphatic hydroxyl groups is 1. The zero-order valence-corrected chi connectivity index (χ0v) is 13.8. The Bertz CT molecular complexity index is 405. The summed E-state index contributed by atoms with van der Waals surface area (Å²) in [7, 11) is 0. The number of halogens is 2. The van der Waals surface area contributed by atoms with E-state index < -0.39 is 5.60 Å². The van der Waals surface area contributed by atoms with Crippen LogP contribution in [0, 0.1) is 6.92 Å². The van der Waals surface area contributed by atoms with Crippen LogP contribution in [0.2, 0.25) is 0 Å². The first-order chi connectivity index (χ1) is 8.50. The van der Waals surface area contributed by atoms with Crippen molar-refractivity contribution in [2.24, 2.45) is 0 Å². The summed E-state index contributed by atoms with van der Waals surface area (Å²) in [6.45, 7) is 2.68. The molecule has 0 unspecified atom stereocenters. The molecule has 1 aromatic carbocycles. The smallest absolute Gasteiger partial charge is 0.0819 e. The zero-order chi connectivity index (χ0) is 13.2. The molecule has 0 aromatic heterocycles.